The highest BCUT2D eigenvalue weighted by atomic mass is 16.2. The van der Waals surface area contributed by atoms with Crippen LogP contribution in [-0.4, -0.2) is 70.0 Å². The number of rotatable bonds is 7. The molecule has 3 unspecified atom stereocenters. The molecule has 0 radical (unpaired) electrons. The molecule has 2 fully saturated rings. The Labute approximate surface area is 218 Å². The van der Waals surface area contributed by atoms with Gasteiger partial charge in [-0.1, -0.05) is 39.8 Å². The van der Waals surface area contributed by atoms with Gasteiger partial charge in [0.1, 0.15) is 6.04 Å². The fraction of sp³-hybridized carbons (Fsp3) is 0.483. The predicted octanol–water partition coefficient (Wildman–Crippen LogP) is 3.22. The molecule has 0 spiro atoms. The Morgan fingerprint density at radius 2 is 1.70 bits per heavy atom. The molecule has 1 N–H and O–H groups in total. The third kappa shape index (κ3) is 5.89. The maximum atomic E-state index is 13.1. The summed E-state index contributed by atoms with van der Waals surface area (Å²) in [5.74, 6) is -0.445. The van der Waals surface area contributed by atoms with Crippen molar-refractivity contribution in [3.8, 4) is 0 Å². The van der Waals surface area contributed by atoms with Gasteiger partial charge in [-0.05, 0) is 54.0 Å². The van der Waals surface area contributed by atoms with E-state index in [2.05, 4.69) is 31.1 Å². The van der Waals surface area contributed by atoms with Gasteiger partial charge in [0.2, 0.25) is 5.91 Å². The third-order valence-corrected chi connectivity index (χ3v) is 7.39. The van der Waals surface area contributed by atoms with Crippen molar-refractivity contribution in [2.75, 3.05) is 19.6 Å². The highest BCUT2D eigenvalue weighted by molar-refractivity contribution is 6.02. The van der Waals surface area contributed by atoms with Crippen LogP contribution in [-0.2, 0) is 15.0 Å². The molecule has 1 aromatic heterocycles. The number of benzene rings is 1. The minimum Gasteiger partial charge on any atom is -0.352 e. The topological polar surface area (TPSA) is 99.7 Å². The number of likely N-dealkylation sites (tertiary alicyclic amines) is 2. The summed E-state index contributed by atoms with van der Waals surface area (Å²) in [6.45, 7) is 9.33. The lowest BCUT2D eigenvalue weighted by Gasteiger charge is -2.25. The summed E-state index contributed by atoms with van der Waals surface area (Å²) < 4.78 is 0. The van der Waals surface area contributed by atoms with Gasteiger partial charge in [0, 0.05) is 43.0 Å². The molecule has 4 rings (SSSR count). The van der Waals surface area contributed by atoms with Gasteiger partial charge >= 0.3 is 0 Å². The minimum atomic E-state index is -0.568. The van der Waals surface area contributed by atoms with Gasteiger partial charge in [-0.3, -0.25) is 24.2 Å². The number of ketones is 1. The summed E-state index contributed by atoms with van der Waals surface area (Å²) in [5, 5.41) is 2.94. The summed E-state index contributed by atoms with van der Waals surface area (Å²) in [4.78, 5) is 58.5. The molecule has 2 aliphatic rings. The van der Waals surface area contributed by atoms with Crippen LogP contribution in [0.4, 0.5) is 0 Å². The second-order valence-corrected chi connectivity index (χ2v) is 11.2. The van der Waals surface area contributed by atoms with E-state index in [-0.39, 0.29) is 47.4 Å². The fourth-order valence-corrected chi connectivity index (χ4v) is 5.21. The first-order chi connectivity index (χ1) is 17.6. The number of fused-ring (bicyclic) bond motifs is 1. The Bertz CT molecular complexity index is 1160. The second-order valence-electron chi connectivity index (χ2n) is 11.2. The highest BCUT2D eigenvalue weighted by Crippen LogP contribution is 2.32. The third-order valence-electron chi connectivity index (χ3n) is 7.39. The highest BCUT2D eigenvalue weighted by Gasteiger charge is 2.51. The number of nitrogens with one attached hydrogen (secondary N) is 1. The Balaban J connectivity index is 1.26. The molecule has 37 heavy (non-hydrogen) atoms. The Hall–Kier alpha value is -3.55. The number of hydrogen-bond donors (Lipinski definition) is 1. The van der Waals surface area contributed by atoms with Crippen LogP contribution in [0.2, 0.25) is 0 Å². The van der Waals surface area contributed by atoms with E-state index in [1.807, 2.05) is 31.2 Å². The standard InChI is InChI=1S/C29H36N4O4/c1-19(9-15-31-27(36)20-5-7-22(8-6-20)29(2,3)4)17-25(35)32-16-12-23-26(32)24(34)18-33(23)28(37)21-10-13-30-14-11-21/h5-8,10-11,13-14,19,23,26H,9,12,15-18H2,1-4H3,(H,31,36). The summed E-state index contributed by atoms with van der Waals surface area (Å²) in [6, 6.07) is 10.1. The normalized spacial score (nSPS) is 20.1. The maximum absolute atomic E-state index is 13.1. The van der Waals surface area contributed by atoms with E-state index in [0.717, 1.165) is 0 Å². The van der Waals surface area contributed by atoms with Crippen molar-refractivity contribution in [3.63, 3.8) is 0 Å². The lowest BCUT2D eigenvalue weighted by atomic mass is 9.87. The van der Waals surface area contributed by atoms with E-state index in [9.17, 15) is 19.2 Å². The molecule has 8 nitrogen and oxygen atoms in total. The molecule has 0 saturated carbocycles. The zero-order chi connectivity index (χ0) is 26.7. The molecule has 0 aliphatic carbocycles. The van der Waals surface area contributed by atoms with Crippen molar-refractivity contribution in [2.24, 2.45) is 5.92 Å². The Morgan fingerprint density at radius 3 is 2.35 bits per heavy atom. The second kappa shape index (κ2) is 10.8. The first-order valence-electron chi connectivity index (χ1n) is 13.0. The van der Waals surface area contributed by atoms with E-state index in [1.54, 1.807) is 34.3 Å². The smallest absolute Gasteiger partial charge is 0.254 e. The van der Waals surface area contributed by atoms with Crippen molar-refractivity contribution in [2.45, 2.75) is 64.5 Å². The van der Waals surface area contributed by atoms with Crippen LogP contribution in [0.25, 0.3) is 0 Å². The molecule has 0 bridgehead atoms. The number of amides is 3. The number of carbonyl (C=O) groups excluding carboxylic acids is 4. The van der Waals surface area contributed by atoms with Crippen LogP contribution in [0.3, 0.4) is 0 Å². The molecule has 196 valence electrons. The zero-order valence-corrected chi connectivity index (χ0v) is 22.1. The van der Waals surface area contributed by atoms with Crippen molar-refractivity contribution in [1.82, 2.24) is 20.1 Å². The van der Waals surface area contributed by atoms with Crippen LogP contribution >= 0.6 is 0 Å². The molecule has 2 aliphatic heterocycles. The van der Waals surface area contributed by atoms with Crippen LogP contribution in [0, 0.1) is 5.92 Å². The van der Waals surface area contributed by atoms with Gasteiger partial charge in [0.05, 0.1) is 12.6 Å². The maximum Gasteiger partial charge on any atom is 0.254 e. The van der Waals surface area contributed by atoms with E-state index >= 15 is 0 Å². The summed E-state index contributed by atoms with van der Waals surface area (Å²) in [6.07, 6.45) is 4.65. The molecule has 1 aromatic carbocycles. The van der Waals surface area contributed by atoms with Crippen LogP contribution in [0.15, 0.2) is 48.8 Å². The molecular weight excluding hydrogens is 468 g/mol. The summed E-state index contributed by atoms with van der Waals surface area (Å²) in [7, 11) is 0. The minimum absolute atomic E-state index is 0.0264. The summed E-state index contributed by atoms with van der Waals surface area (Å²) >= 11 is 0. The average molecular weight is 505 g/mol. The number of nitrogens with zero attached hydrogens (tertiary/aromatic N) is 3. The Kier molecular flexibility index (Phi) is 7.76. The number of pyridine rings is 1. The number of Topliss-reactive ketones (excluding diaryl/α,β-unsaturated/α-hetero) is 1. The lowest BCUT2D eigenvalue weighted by Crippen LogP contribution is -2.44. The lowest BCUT2D eigenvalue weighted by molar-refractivity contribution is -0.137. The van der Waals surface area contributed by atoms with E-state index in [0.29, 0.717) is 43.5 Å². The average Bonchev–Trinajstić information content (AvgIpc) is 3.45. The monoisotopic (exact) mass is 504 g/mol. The SMILES string of the molecule is CC(CCNC(=O)c1ccc(C(C)(C)C)cc1)CC(=O)N1CCC2C1C(=O)CN2C(=O)c1ccncc1. The summed E-state index contributed by atoms with van der Waals surface area (Å²) in [5.41, 5.74) is 2.31. The number of aromatic nitrogens is 1. The van der Waals surface area contributed by atoms with Crippen molar-refractivity contribution >= 4 is 23.5 Å². The van der Waals surface area contributed by atoms with Gasteiger partial charge in [0.15, 0.2) is 5.78 Å². The van der Waals surface area contributed by atoms with Gasteiger partial charge < -0.3 is 15.1 Å². The van der Waals surface area contributed by atoms with E-state index in [1.165, 1.54) is 5.56 Å². The van der Waals surface area contributed by atoms with Crippen molar-refractivity contribution in [3.05, 3.63) is 65.5 Å². The first kappa shape index (κ1) is 26.5. The molecule has 2 aromatic rings. The first-order valence-corrected chi connectivity index (χ1v) is 13.0. The Morgan fingerprint density at radius 1 is 1.03 bits per heavy atom. The molecule has 8 heteroatoms. The van der Waals surface area contributed by atoms with Crippen LogP contribution < -0.4 is 5.32 Å². The van der Waals surface area contributed by atoms with E-state index < -0.39 is 6.04 Å². The zero-order valence-electron chi connectivity index (χ0n) is 22.1. The molecule has 3 heterocycles. The van der Waals surface area contributed by atoms with Gasteiger partial charge in [0.25, 0.3) is 11.8 Å². The van der Waals surface area contributed by atoms with Gasteiger partial charge in [-0.2, -0.15) is 0 Å². The largest absolute Gasteiger partial charge is 0.352 e. The van der Waals surface area contributed by atoms with Crippen LogP contribution in [0.5, 0.6) is 0 Å². The van der Waals surface area contributed by atoms with Crippen LogP contribution in [0.1, 0.15) is 73.2 Å². The fourth-order valence-electron chi connectivity index (χ4n) is 5.21. The molecule has 2 saturated heterocycles. The number of hydrogen-bond acceptors (Lipinski definition) is 5. The predicted molar refractivity (Wildman–Crippen MR) is 140 cm³/mol. The number of carbonyl (C=O) groups is 4. The molecule has 3 atom stereocenters. The van der Waals surface area contributed by atoms with Gasteiger partial charge in [-0.25, -0.2) is 0 Å². The van der Waals surface area contributed by atoms with Crippen molar-refractivity contribution in [1.29, 1.82) is 0 Å². The van der Waals surface area contributed by atoms with Gasteiger partial charge in [-0.15, -0.1) is 0 Å². The molecule has 3 amide bonds. The quantitative estimate of drug-likeness (QED) is 0.624. The molecular formula is C29H36N4O4. The van der Waals surface area contributed by atoms with Crippen molar-refractivity contribution < 1.29 is 19.2 Å². The van der Waals surface area contributed by atoms with E-state index in [4.69, 9.17) is 0 Å².